The zero-order valence-corrected chi connectivity index (χ0v) is 24.2. The Labute approximate surface area is 246 Å². The quantitative estimate of drug-likeness (QED) is 0.237. The second-order valence-corrected chi connectivity index (χ2v) is 11.1. The van der Waals surface area contributed by atoms with E-state index in [1.165, 1.54) is 5.56 Å². The van der Waals surface area contributed by atoms with Crippen LogP contribution in [0.1, 0.15) is 37.3 Å². The van der Waals surface area contributed by atoms with Gasteiger partial charge in [0.2, 0.25) is 5.91 Å². The number of ether oxygens (including phenoxy) is 1. The molecule has 0 spiro atoms. The van der Waals surface area contributed by atoms with Crippen LogP contribution in [-0.4, -0.2) is 42.4 Å². The lowest BCUT2D eigenvalue weighted by atomic mass is 9.92. The van der Waals surface area contributed by atoms with Crippen molar-refractivity contribution in [3.63, 3.8) is 0 Å². The number of benzene rings is 3. The highest BCUT2D eigenvalue weighted by Crippen LogP contribution is 2.45. The maximum absolute atomic E-state index is 13.0. The van der Waals surface area contributed by atoms with Crippen LogP contribution in [-0.2, 0) is 17.8 Å². The van der Waals surface area contributed by atoms with Gasteiger partial charge in [0.05, 0.1) is 24.6 Å². The van der Waals surface area contributed by atoms with Crippen LogP contribution in [0.5, 0.6) is 11.5 Å². The molecule has 0 unspecified atom stereocenters. The number of nitrogens with one attached hydrogen (secondary N) is 1. The summed E-state index contributed by atoms with van der Waals surface area (Å²) in [7, 11) is 0. The highest BCUT2D eigenvalue weighted by molar-refractivity contribution is 9.10. The average molecular weight is 613 g/mol. The summed E-state index contributed by atoms with van der Waals surface area (Å²) in [4.78, 5) is 15.0. The number of H-pyrrole nitrogens is 1. The van der Waals surface area contributed by atoms with Gasteiger partial charge in [0.15, 0.2) is 0 Å². The van der Waals surface area contributed by atoms with E-state index in [0.717, 1.165) is 70.8 Å². The number of hydrogen-bond acceptors (Lipinski definition) is 6. The normalized spacial score (nSPS) is 16.0. The van der Waals surface area contributed by atoms with Crippen LogP contribution in [0.2, 0.25) is 0 Å². The Kier molecular flexibility index (Phi) is 7.91. The molecule has 3 aromatic carbocycles. The van der Waals surface area contributed by atoms with Crippen molar-refractivity contribution in [2.75, 3.05) is 4.90 Å². The van der Waals surface area contributed by atoms with Crippen molar-refractivity contribution >= 4 is 27.5 Å². The van der Waals surface area contributed by atoms with Crippen molar-refractivity contribution in [2.45, 2.75) is 45.2 Å². The van der Waals surface area contributed by atoms with Crippen LogP contribution in [0.25, 0.3) is 11.3 Å². The minimum Gasteiger partial charge on any atom is -0.456 e. The largest absolute Gasteiger partial charge is 0.456 e. The van der Waals surface area contributed by atoms with Crippen molar-refractivity contribution in [1.82, 2.24) is 30.4 Å². The van der Waals surface area contributed by atoms with Crippen molar-refractivity contribution in [3.8, 4) is 22.8 Å². The molecule has 10 heteroatoms. The molecular formula is C31H30BrN7O2. The Balaban J connectivity index is 0.000000195. The van der Waals surface area contributed by atoms with Crippen LogP contribution < -0.4 is 9.64 Å². The van der Waals surface area contributed by atoms with Gasteiger partial charge in [-0.25, -0.2) is 4.68 Å². The molecule has 9 nitrogen and oxygen atoms in total. The fourth-order valence-corrected chi connectivity index (χ4v) is 5.35. The molecule has 1 aliphatic heterocycles. The van der Waals surface area contributed by atoms with E-state index in [4.69, 9.17) is 4.74 Å². The van der Waals surface area contributed by atoms with Gasteiger partial charge in [0.25, 0.3) is 0 Å². The molecule has 3 heterocycles. The maximum Gasteiger partial charge on any atom is 0.230 e. The molecule has 1 N–H and O–H groups in total. The molecular weight excluding hydrogens is 582 g/mol. The van der Waals surface area contributed by atoms with Crippen LogP contribution in [0, 0.1) is 5.92 Å². The molecule has 208 valence electrons. The van der Waals surface area contributed by atoms with Gasteiger partial charge in [-0.1, -0.05) is 53.7 Å². The second kappa shape index (κ2) is 12.1. The number of nitrogens with zero attached hydrogens (tertiary/aromatic N) is 6. The minimum absolute atomic E-state index is 0.183. The van der Waals surface area contributed by atoms with E-state index in [-0.39, 0.29) is 17.9 Å². The number of amides is 1. The smallest absolute Gasteiger partial charge is 0.230 e. The molecule has 1 amide bonds. The van der Waals surface area contributed by atoms with E-state index >= 15 is 0 Å². The van der Waals surface area contributed by atoms with Crippen molar-refractivity contribution in [3.05, 3.63) is 101 Å². The highest BCUT2D eigenvalue weighted by Gasteiger charge is 2.39. The van der Waals surface area contributed by atoms with E-state index in [1.807, 2.05) is 71.8 Å². The SMILES string of the molecule is Brc1cn(Cc2ccccc2)nn1.C[C@H]1CCc2c(ccc(-c3cn[nH]n3)c2Oc2ccccc2)N1C(=O)C1CC1. The fraction of sp³-hybridized carbons (Fsp3) is 0.258. The molecule has 5 aromatic rings. The Morgan fingerprint density at radius 2 is 1.78 bits per heavy atom. The summed E-state index contributed by atoms with van der Waals surface area (Å²) in [5.41, 5.74) is 4.86. The van der Waals surface area contributed by atoms with Crippen molar-refractivity contribution in [1.29, 1.82) is 0 Å². The van der Waals surface area contributed by atoms with E-state index < -0.39 is 0 Å². The molecule has 0 saturated heterocycles. The van der Waals surface area contributed by atoms with Crippen LogP contribution in [0.3, 0.4) is 0 Å². The molecule has 1 fully saturated rings. The number of carbonyl (C=O) groups excluding carboxylic acids is 1. The minimum atomic E-state index is 0.183. The number of carbonyl (C=O) groups is 1. The summed E-state index contributed by atoms with van der Waals surface area (Å²) in [5.74, 6) is 1.95. The van der Waals surface area contributed by atoms with E-state index in [1.54, 1.807) is 10.9 Å². The van der Waals surface area contributed by atoms with Crippen molar-refractivity contribution < 1.29 is 9.53 Å². The number of aromatic amines is 1. The molecule has 1 aliphatic carbocycles. The standard InChI is InChI=1S/C22H22N4O2.C9H8BrN3/c1-14-7-10-18-20(26(14)22(27)15-8-9-15)12-11-17(19-13-23-25-24-19)21(18)28-16-5-3-2-4-6-16;10-9-7-13(12-11-9)6-8-4-2-1-3-5-8/h2-6,11-15H,7-10H2,1H3,(H,23,24,25);1-5,7H,6H2/t14-;/m0./s1. The summed E-state index contributed by atoms with van der Waals surface area (Å²) < 4.78 is 8.91. The molecule has 0 radical (unpaired) electrons. The van der Waals surface area contributed by atoms with E-state index in [9.17, 15) is 4.79 Å². The molecule has 1 saturated carbocycles. The van der Waals surface area contributed by atoms with Crippen LogP contribution in [0.15, 0.2) is 89.8 Å². The number of aromatic nitrogens is 6. The fourth-order valence-electron chi connectivity index (χ4n) is 5.05. The Bertz CT molecular complexity index is 1600. The predicted octanol–water partition coefficient (Wildman–Crippen LogP) is 6.43. The summed E-state index contributed by atoms with van der Waals surface area (Å²) in [6, 6.07) is 24.1. The molecule has 7 rings (SSSR count). The van der Waals surface area contributed by atoms with E-state index in [2.05, 4.69) is 60.7 Å². The maximum atomic E-state index is 13.0. The molecule has 0 bridgehead atoms. The van der Waals surface area contributed by atoms with Gasteiger partial charge in [-0.3, -0.25) is 4.79 Å². The Hall–Kier alpha value is -4.31. The first kappa shape index (κ1) is 26.9. The summed E-state index contributed by atoms with van der Waals surface area (Å²) in [5, 5.41) is 18.6. The number of hydrogen-bond donors (Lipinski definition) is 1. The van der Waals surface area contributed by atoms with Crippen LogP contribution >= 0.6 is 15.9 Å². The lowest BCUT2D eigenvalue weighted by molar-refractivity contribution is -0.120. The third kappa shape index (κ3) is 6.22. The zero-order chi connectivity index (χ0) is 28.2. The number of para-hydroxylation sites is 1. The number of rotatable bonds is 6. The van der Waals surface area contributed by atoms with Gasteiger partial charge in [-0.2, -0.15) is 15.4 Å². The first-order valence-electron chi connectivity index (χ1n) is 13.7. The third-order valence-corrected chi connectivity index (χ3v) is 7.63. The zero-order valence-electron chi connectivity index (χ0n) is 22.7. The first-order valence-corrected chi connectivity index (χ1v) is 14.5. The van der Waals surface area contributed by atoms with E-state index in [0.29, 0.717) is 0 Å². The number of anilines is 1. The summed E-state index contributed by atoms with van der Waals surface area (Å²) >= 11 is 3.25. The van der Waals surface area contributed by atoms with Gasteiger partial charge >= 0.3 is 0 Å². The van der Waals surface area contributed by atoms with Gasteiger partial charge in [0.1, 0.15) is 21.8 Å². The summed E-state index contributed by atoms with van der Waals surface area (Å²) in [6.07, 6.45) is 7.33. The van der Waals surface area contributed by atoms with Crippen molar-refractivity contribution in [2.24, 2.45) is 5.92 Å². The topological polar surface area (TPSA) is 102 Å². The Morgan fingerprint density at radius 3 is 2.44 bits per heavy atom. The number of halogens is 1. The average Bonchev–Trinajstić information content (AvgIpc) is 3.55. The monoisotopic (exact) mass is 611 g/mol. The number of fused-ring (bicyclic) bond motifs is 1. The van der Waals surface area contributed by atoms with Crippen LogP contribution in [0.4, 0.5) is 5.69 Å². The first-order chi connectivity index (χ1) is 20.1. The second-order valence-electron chi connectivity index (χ2n) is 10.3. The molecule has 2 aromatic heterocycles. The van der Waals surface area contributed by atoms with Gasteiger partial charge in [0, 0.05) is 23.1 Å². The Morgan fingerprint density at radius 1 is 1.02 bits per heavy atom. The molecule has 1 atom stereocenters. The summed E-state index contributed by atoms with van der Waals surface area (Å²) in [6.45, 7) is 2.89. The highest BCUT2D eigenvalue weighted by atomic mass is 79.9. The molecule has 41 heavy (non-hydrogen) atoms. The predicted molar refractivity (Wildman–Crippen MR) is 160 cm³/mol. The lowest BCUT2D eigenvalue weighted by Gasteiger charge is -2.36. The van der Waals surface area contributed by atoms with Gasteiger partial charge < -0.3 is 9.64 Å². The van der Waals surface area contributed by atoms with Gasteiger partial charge in [-0.15, -0.1) is 5.10 Å². The van der Waals surface area contributed by atoms with Gasteiger partial charge in [-0.05, 0) is 78.4 Å². The lowest BCUT2D eigenvalue weighted by Crippen LogP contribution is -2.43. The third-order valence-electron chi connectivity index (χ3n) is 7.26. The molecule has 2 aliphatic rings.